The van der Waals surface area contributed by atoms with Crippen molar-refractivity contribution in [2.24, 2.45) is 0 Å². The van der Waals surface area contributed by atoms with Gasteiger partial charge in [0.25, 0.3) is 0 Å². The number of aromatic nitrogens is 3. The number of benzene rings is 8. The van der Waals surface area contributed by atoms with Crippen LogP contribution in [0.2, 0.25) is 0 Å². The molecule has 0 fully saturated rings. The van der Waals surface area contributed by atoms with Gasteiger partial charge in [0, 0.05) is 43.4 Å². The molecule has 0 N–H and O–H groups in total. The molecule has 12 rings (SSSR count). The summed E-state index contributed by atoms with van der Waals surface area (Å²) in [6, 6.07) is 59.9. The van der Waals surface area contributed by atoms with E-state index in [0.29, 0.717) is 23.1 Å². The summed E-state index contributed by atoms with van der Waals surface area (Å²) in [6.45, 7) is 0. The lowest BCUT2D eigenvalue weighted by atomic mass is 9.95. The summed E-state index contributed by atoms with van der Waals surface area (Å²) in [5, 5.41) is 6.28. The van der Waals surface area contributed by atoms with Gasteiger partial charge in [0.2, 0.25) is 0 Å². The molecule has 12 aromatic rings. The Labute approximate surface area is 325 Å². The van der Waals surface area contributed by atoms with E-state index in [9.17, 15) is 0 Å². The molecule has 6 nitrogen and oxygen atoms in total. The third kappa shape index (κ3) is 5.08. The molecule has 6 heteroatoms. The quantitative estimate of drug-likeness (QED) is 0.175. The molecule has 0 unspecified atom stereocenters. The van der Waals surface area contributed by atoms with Crippen LogP contribution in [0.3, 0.4) is 0 Å². The molecular weight excluding hydrogens is 703 g/mol. The lowest BCUT2D eigenvalue weighted by Gasteiger charge is -2.11. The van der Waals surface area contributed by atoms with Crippen LogP contribution in [0.1, 0.15) is 0 Å². The van der Waals surface area contributed by atoms with Crippen LogP contribution in [-0.2, 0) is 0 Å². The molecule has 0 aliphatic rings. The van der Waals surface area contributed by atoms with Crippen LogP contribution < -0.4 is 0 Å². The summed E-state index contributed by atoms with van der Waals surface area (Å²) >= 11 is 0. The molecule has 8 aromatic carbocycles. The Morgan fingerprint density at radius 3 is 1.61 bits per heavy atom. The summed E-state index contributed by atoms with van der Waals surface area (Å²) in [4.78, 5) is 15.5. The lowest BCUT2D eigenvalue weighted by Crippen LogP contribution is -2.00. The number of para-hydroxylation sites is 3. The molecule has 4 aromatic heterocycles. The maximum absolute atomic E-state index is 6.77. The Morgan fingerprint density at radius 1 is 0.281 bits per heavy atom. The van der Waals surface area contributed by atoms with E-state index in [1.165, 1.54) is 0 Å². The minimum atomic E-state index is 0.511. The maximum atomic E-state index is 6.77. The number of rotatable bonds is 5. The lowest BCUT2D eigenvalue weighted by molar-refractivity contribution is 0.668. The van der Waals surface area contributed by atoms with Gasteiger partial charge in [0.05, 0.1) is 5.56 Å². The Morgan fingerprint density at radius 2 is 0.825 bits per heavy atom. The zero-order chi connectivity index (χ0) is 37.5. The van der Waals surface area contributed by atoms with Crippen molar-refractivity contribution in [2.75, 3.05) is 0 Å². The maximum Gasteiger partial charge on any atom is 0.167 e. The number of nitrogens with zero attached hydrogens (tertiary/aromatic N) is 3. The zero-order valence-corrected chi connectivity index (χ0v) is 30.3. The Bertz CT molecular complexity index is 3540. The number of hydrogen-bond donors (Lipinski definition) is 0. The minimum absolute atomic E-state index is 0.511. The third-order valence-corrected chi connectivity index (χ3v) is 11.0. The Hall–Kier alpha value is -7.83. The fraction of sp³-hybridized carbons (Fsp3) is 0. The van der Waals surface area contributed by atoms with Crippen LogP contribution in [0, 0.1) is 0 Å². The summed E-state index contributed by atoms with van der Waals surface area (Å²) in [5.41, 5.74) is 11.6. The van der Waals surface area contributed by atoms with Gasteiger partial charge in [-0.25, -0.2) is 15.0 Å². The highest BCUT2D eigenvalue weighted by atomic mass is 16.3. The highest BCUT2D eigenvalue weighted by Crippen LogP contribution is 2.43. The molecule has 0 aliphatic heterocycles. The minimum Gasteiger partial charge on any atom is -0.456 e. The molecule has 0 spiro atoms. The van der Waals surface area contributed by atoms with Gasteiger partial charge in [-0.15, -0.1) is 0 Å². The van der Waals surface area contributed by atoms with E-state index in [-0.39, 0.29) is 0 Å². The largest absolute Gasteiger partial charge is 0.456 e. The van der Waals surface area contributed by atoms with E-state index in [0.717, 1.165) is 99.2 Å². The average Bonchev–Trinajstić information content (AvgIpc) is 3.97. The van der Waals surface area contributed by atoms with Crippen LogP contribution in [0.5, 0.6) is 0 Å². The van der Waals surface area contributed by atoms with E-state index in [4.69, 9.17) is 28.2 Å². The predicted octanol–water partition coefficient (Wildman–Crippen LogP) is 13.9. The second-order valence-electron chi connectivity index (χ2n) is 14.3. The van der Waals surface area contributed by atoms with Crippen molar-refractivity contribution in [3.8, 4) is 56.4 Å². The normalized spacial score (nSPS) is 11.9. The van der Waals surface area contributed by atoms with Crippen molar-refractivity contribution in [2.45, 2.75) is 0 Å². The first kappa shape index (κ1) is 31.5. The molecule has 57 heavy (non-hydrogen) atoms. The summed E-state index contributed by atoms with van der Waals surface area (Å²) < 4.78 is 19.3. The second-order valence-corrected chi connectivity index (χ2v) is 14.3. The summed E-state index contributed by atoms with van der Waals surface area (Å²) in [6.07, 6.45) is 0. The van der Waals surface area contributed by atoms with Crippen molar-refractivity contribution < 1.29 is 13.3 Å². The zero-order valence-electron chi connectivity index (χ0n) is 30.3. The van der Waals surface area contributed by atoms with Crippen molar-refractivity contribution in [3.63, 3.8) is 0 Å². The van der Waals surface area contributed by atoms with Crippen LogP contribution in [-0.4, -0.2) is 15.0 Å². The van der Waals surface area contributed by atoms with Gasteiger partial charge in [-0.3, -0.25) is 0 Å². The third-order valence-electron chi connectivity index (χ3n) is 11.0. The van der Waals surface area contributed by atoms with Gasteiger partial charge in [0.15, 0.2) is 17.5 Å². The fourth-order valence-electron chi connectivity index (χ4n) is 8.23. The van der Waals surface area contributed by atoms with Crippen molar-refractivity contribution in [3.05, 3.63) is 176 Å². The number of hydrogen-bond acceptors (Lipinski definition) is 6. The average molecular weight is 732 g/mol. The Kier molecular flexibility index (Phi) is 6.83. The van der Waals surface area contributed by atoms with Crippen LogP contribution in [0.4, 0.5) is 0 Å². The molecular formula is C51H29N3O3. The predicted molar refractivity (Wildman–Crippen MR) is 229 cm³/mol. The molecule has 0 amide bonds. The smallest absolute Gasteiger partial charge is 0.167 e. The first-order valence-corrected chi connectivity index (χ1v) is 18.9. The Balaban J connectivity index is 1.09. The van der Waals surface area contributed by atoms with E-state index < -0.39 is 0 Å². The first-order chi connectivity index (χ1) is 28.2. The van der Waals surface area contributed by atoms with Gasteiger partial charge in [-0.1, -0.05) is 121 Å². The van der Waals surface area contributed by atoms with Gasteiger partial charge in [-0.05, 0) is 76.9 Å². The van der Waals surface area contributed by atoms with E-state index in [1.54, 1.807) is 0 Å². The fourth-order valence-corrected chi connectivity index (χ4v) is 8.23. The summed E-state index contributed by atoms with van der Waals surface area (Å²) in [5.74, 6) is 1.60. The molecule has 0 saturated heterocycles. The second kappa shape index (κ2) is 12.3. The van der Waals surface area contributed by atoms with E-state index in [1.807, 2.05) is 91.0 Å². The van der Waals surface area contributed by atoms with E-state index >= 15 is 0 Å². The molecule has 266 valence electrons. The van der Waals surface area contributed by atoms with Crippen LogP contribution in [0.15, 0.2) is 189 Å². The molecule has 4 heterocycles. The monoisotopic (exact) mass is 731 g/mol. The van der Waals surface area contributed by atoms with Crippen molar-refractivity contribution in [1.29, 1.82) is 0 Å². The summed E-state index contributed by atoms with van der Waals surface area (Å²) in [7, 11) is 0. The molecule has 0 bridgehead atoms. The van der Waals surface area contributed by atoms with Crippen molar-refractivity contribution >= 4 is 65.8 Å². The van der Waals surface area contributed by atoms with Gasteiger partial charge in [0.1, 0.15) is 33.5 Å². The topological polar surface area (TPSA) is 78.1 Å². The number of furan rings is 3. The standard InChI is InChI=1S/C51H29N3O3/c1-2-11-30(12-3-1)31-13-10-14-33(27-31)49-52-50(34-21-23-38-36-15-4-7-18-42(36)56-46(38)29-34)54-51(53-49)40-25-24-35(47-39-17-6-9-20-44(39)57-48(40)47)32-22-26-45-41(28-32)37-16-5-8-19-43(37)55-45/h1-29H. The molecule has 0 saturated carbocycles. The van der Waals surface area contributed by atoms with Crippen LogP contribution >= 0.6 is 0 Å². The molecule has 0 radical (unpaired) electrons. The van der Waals surface area contributed by atoms with Crippen LogP contribution in [0.25, 0.3) is 122 Å². The van der Waals surface area contributed by atoms with Crippen molar-refractivity contribution in [1.82, 2.24) is 15.0 Å². The van der Waals surface area contributed by atoms with Gasteiger partial charge < -0.3 is 13.3 Å². The van der Waals surface area contributed by atoms with E-state index in [2.05, 4.69) is 84.9 Å². The first-order valence-electron chi connectivity index (χ1n) is 18.9. The highest BCUT2D eigenvalue weighted by Gasteiger charge is 2.22. The SMILES string of the molecule is c1ccc(-c2cccc(-c3nc(-c4ccc5c(c4)oc4ccccc45)nc(-c4ccc(-c5ccc6oc7ccccc7c6c5)c5c4oc4ccccc45)n3)c2)cc1. The number of fused-ring (bicyclic) bond motifs is 9. The highest BCUT2D eigenvalue weighted by molar-refractivity contribution is 6.17. The molecule has 0 atom stereocenters. The van der Waals surface area contributed by atoms with Gasteiger partial charge in [-0.2, -0.15) is 0 Å². The molecule has 0 aliphatic carbocycles. The van der Waals surface area contributed by atoms with Gasteiger partial charge >= 0.3 is 0 Å².